The minimum Gasteiger partial charge on any atom is -0.370 e. The molecule has 0 fully saturated rings. The molecular formula is C15H17N5. The van der Waals surface area contributed by atoms with Crippen LogP contribution in [-0.2, 0) is 6.42 Å². The van der Waals surface area contributed by atoms with Crippen LogP contribution in [0.3, 0.4) is 0 Å². The van der Waals surface area contributed by atoms with Gasteiger partial charge >= 0.3 is 0 Å². The average Bonchev–Trinajstić information content (AvgIpc) is 2.47. The van der Waals surface area contributed by atoms with Gasteiger partial charge in [0.25, 0.3) is 0 Å². The number of aryl methyl sites for hydroxylation is 1. The predicted molar refractivity (Wildman–Crippen MR) is 79.4 cm³/mol. The van der Waals surface area contributed by atoms with Gasteiger partial charge < -0.3 is 5.32 Å². The van der Waals surface area contributed by atoms with Crippen molar-refractivity contribution in [2.75, 3.05) is 23.8 Å². The van der Waals surface area contributed by atoms with Crippen molar-refractivity contribution in [3.63, 3.8) is 0 Å². The third kappa shape index (κ3) is 3.69. The van der Waals surface area contributed by atoms with Crippen molar-refractivity contribution in [1.29, 1.82) is 5.26 Å². The van der Waals surface area contributed by atoms with Gasteiger partial charge in [0.05, 0.1) is 0 Å². The van der Waals surface area contributed by atoms with Gasteiger partial charge in [0.15, 0.2) is 6.19 Å². The number of nitrogens with zero attached hydrogens (tertiary/aromatic N) is 4. The van der Waals surface area contributed by atoms with Crippen LogP contribution in [0.25, 0.3) is 0 Å². The van der Waals surface area contributed by atoms with E-state index in [0.29, 0.717) is 5.82 Å². The zero-order chi connectivity index (χ0) is 14.4. The van der Waals surface area contributed by atoms with Crippen molar-refractivity contribution in [3.05, 3.63) is 47.8 Å². The number of benzene rings is 1. The van der Waals surface area contributed by atoms with Crippen LogP contribution in [0.1, 0.15) is 11.1 Å². The molecular weight excluding hydrogens is 250 g/mol. The minimum atomic E-state index is 0.584. The summed E-state index contributed by atoms with van der Waals surface area (Å²) in [6.45, 7) is 2.88. The lowest BCUT2D eigenvalue weighted by Gasteiger charge is -2.10. The van der Waals surface area contributed by atoms with Gasteiger partial charge in [-0.1, -0.05) is 29.8 Å². The van der Waals surface area contributed by atoms with Crippen molar-refractivity contribution in [2.45, 2.75) is 13.3 Å². The Bertz CT molecular complexity index is 618. The summed E-state index contributed by atoms with van der Waals surface area (Å²) in [6.07, 6.45) is 4.39. The first-order valence-electron chi connectivity index (χ1n) is 6.44. The number of rotatable bonds is 5. The van der Waals surface area contributed by atoms with E-state index in [4.69, 9.17) is 5.26 Å². The van der Waals surface area contributed by atoms with E-state index in [1.165, 1.54) is 22.4 Å². The van der Waals surface area contributed by atoms with Crippen molar-refractivity contribution in [3.8, 4) is 6.19 Å². The first-order valence-corrected chi connectivity index (χ1v) is 6.44. The largest absolute Gasteiger partial charge is 0.370 e. The third-order valence-electron chi connectivity index (χ3n) is 2.95. The van der Waals surface area contributed by atoms with Crippen LogP contribution in [0.15, 0.2) is 36.7 Å². The standard InChI is InChI=1S/C15H17N5/c1-12-4-3-5-13(8-12)6-7-17-14-9-15(19-11-18-14)20(2)10-16/h3-5,8-9,11H,6-7H2,1-2H3,(H,17,18,19). The molecule has 0 spiro atoms. The molecule has 5 heteroatoms. The van der Waals surface area contributed by atoms with Crippen molar-refractivity contribution < 1.29 is 0 Å². The zero-order valence-electron chi connectivity index (χ0n) is 11.7. The summed E-state index contributed by atoms with van der Waals surface area (Å²) in [5.41, 5.74) is 2.56. The van der Waals surface area contributed by atoms with Crippen LogP contribution in [0, 0.1) is 18.4 Å². The SMILES string of the molecule is Cc1cccc(CCNc2cc(N(C)C#N)ncn2)c1. The summed E-state index contributed by atoms with van der Waals surface area (Å²) in [7, 11) is 1.67. The second kappa shape index (κ2) is 6.53. The summed E-state index contributed by atoms with van der Waals surface area (Å²) in [6, 6.07) is 10.2. The van der Waals surface area contributed by atoms with Gasteiger partial charge in [0, 0.05) is 19.7 Å². The molecule has 5 nitrogen and oxygen atoms in total. The highest BCUT2D eigenvalue weighted by molar-refractivity contribution is 5.50. The molecule has 0 atom stereocenters. The third-order valence-corrected chi connectivity index (χ3v) is 2.95. The minimum absolute atomic E-state index is 0.584. The number of nitrogens with one attached hydrogen (secondary N) is 1. The molecule has 0 radical (unpaired) electrons. The highest BCUT2D eigenvalue weighted by Crippen LogP contribution is 2.12. The Labute approximate surface area is 118 Å². The first-order chi connectivity index (χ1) is 9.69. The number of nitriles is 1. The van der Waals surface area contributed by atoms with Crippen molar-refractivity contribution in [2.24, 2.45) is 0 Å². The van der Waals surface area contributed by atoms with E-state index < -0.39 is 0 Å². The van der Waals surface area contributed by atoms with E-state index in [9.17, 15) is 0 Å². The molecule has 20 heavy (non-hydrogen) atoms. The second-order valence-electron chi connectivity index (χ2n) is 4.59. The number of aromatic nitrogens is 2. The lowest BCUT2D eigenvalue weighted by atomic mass is 10.1. The Morgan fingerprint density at radius 1 is 1.30 bits per heavy atom. The van der Waals surface area contributed by atoms with Gasteiger partial charge in [-0.3, -0.25) is 4.90 Å². The van der Waals surface area contributed by atoms with E-state index in [1.54, 1.807) is 13.1 Å². The summed E-state index contributed by atoms with van der Waals surface area (Å²) < 4.78 is 0. The van der Waals surface area contributed by atoms with Crippen LogP contribution >= 0.6 is 0 Å². The fraction of sp³-hybridized carbons (Fsp3) is 0.267. The molecule has 1 heterocycles. The van der Waals surface area contributed by atoms with E-state index in [-0.39, 0.29) is 0 Å². The smallest absolute Gasteiger partial charge is 0.185 e. The molecule has 0 saturated carbocycles. The number of hydrogen-bond acceptors (Lipinski definition) is 5. The maximum atomic E-state index is 8.82. The first kappa shape index (κ1) is 13.8. The highest BCUT2D eigenvalue weighted by atomic mass is 15.2. The summed E-state index contributed by atoms with van der Waals surface area (Å²) in [5.74, 6) is 1.31. The zero-order valence-corrected chi connectivity index (χ0v) is 11.7. The van der Waals surface area contributed by atoms with Crippen molar-refractivity contribution in [1.82, 2.24) is 9.97 Å². The van der Waals surface area contributed by atoms with Crippen LogP contribution in [0.2, 0.25) is 0 Å². The Kier molecular flexibility index (Phi) is 4.51. The molecule has 0 aliphatic heterocycles. The Hall–Kier alpha value is -2.61. The molecule has 102 valence electrons. The maximum absolute atomic E-state index is 8.82. The fourth-order valence-corrected chi connectivity index (χ4v) is 1.88. The Morgan fingerprint density at radius 2 is 2.15 bits per heavy atom. The lowest BCUT2D eigenvalue weighted by molar-refractivity contribution is 0.992. The summed E-state index contributed by atoms with van der Waals surface area (Å²) in [5, 5.41) is 12.1. The quantitative estimate of drug-likeness (QED) is 0.665. The van der Waals surface area contributed by atoms with E-state index in [0.717, 1.165) is 18.8 Å². The predicted octanol–water partition coefficient (Wildman–Crippen LogP) is 2.36. The van der Waals surface area contributed by atoms with E-state index in [1.807, 2.05) is 6.19 Å². The summed E-state index contributed by atoms with van der Waals surface area (Å²) in [4.78, 5) is 9.58. The van der Waals surface area contributed by atoms with E-state index >= 15 is 0 Å². The average molecular weight is 267 g/mol. The van der Waals surface area contributed by atoms with Gasteiger partial charge in [0.2, 0.25) is 0 Å². The fourth-order valence-electron chi connectivity index (χ4n) is 1.88. The van der Waals surface area contributed by atoms with Gasteiger partial charge in [-0.2, -0.15) is 5.26 Å². The molecule has 0 amide bonds. The van der Waals surface area contributed by atoms with Crippen LogP contribution in [0.5, 0.6) is 0 Å². The number of anilines is 2. The molecule has 0 unspecified atom stereocenters. The molecule has 2 rings (SSSR count). The molecule has 1 aromatic heterocycles. The number of hydrogen-bond donors (Lipinski definition) is 1. The second-order valence-corrected chi connectivity index (χ2v) is 4.59. The van der Waals surface area contributed by atoms with E-state index in [2.05, 4.69) is 46.5 Å². The molecule has 1 aromatic carbocycles. The Morgan fingerprint density at radius 3 is 2.90 bits per heavy atom. The van der Waals surface area contributed by atoms with Crippen LogP contribution in [-0.4, -0.2) is 23.6 Å². The molecule has 0 bridgehead atoms. The molecule has 0 aliphatic carbocycles. The van der Waals surface area contributed by atoms with Gasteiger partial charge in [-0.05, 0) is 18.9 Å². The van der Waals surface area contributed by atoms with Crippen LogP contribution < -0.4 is 10.2 Å². The highest BCUT2D eigenvalue weighted by Gasteiger charge is 2.02. The summed E-state index contributed by atoms with van der Waals surface area (Å²) >= 11 is 0. The molecule has 2 aromatic rings. The molecule has 0 saturated heterocycles. The van der Waals surface area contributed by atoms with Gasteiger partial charge in [0.1, 0.15) is 18.0 Å². The lowest BCUT2D eigenvalue weighted by Crippen LogP contribution is -2.12. The molecule has 1 N–H and O–H groups in total. The normalized spacial score (nSPS) is 9.85. The van der Waals surface area contributed by atoms with Crippen LogP contribution in [0.4, 0.5) is 11.6 Å². The molecule has 0 aliphatic rings. The van der Waals surface area contributed by atoms with Gasteiger partial charge in [-0.25, -0.2) is 9.97 Å². The maximum Gasteiger partial charge on any atom is 0.185 e. The topological polar surface area (TPSA) is 64.8 Å². The van der Waals surface area contributed by atoms with Gasteiger partial charge in [-0.15, -0.1) is 0 Å². The monoisotopic (exact) mass is 267 g/mol. The Balaban J connectivity index is 1.93. The van der Waals surface area contributed by atoms with Crippen molar-refractivity contribution >= 4 is 11.6 Å².